The first-order valence-corrected chi connectivity index (χ1v) is 5.87. The Labute approximate surface area is 99.0 Å². The summed E-state index contributed by atoms with van der Waals surface area (Å²) < 4.78 is 0. The average molecular weight is 228 g/mol. The van der Waals surface area contributed by atoms with Crippen LogP contribution in [0.5, 0.6) is 0 Å². The monoisotopic (exact) mass is 228 g/mol. The van der Waals surface area contributed by atoms with Crippen LogP contribution < -0.4 is 0 Å². The van der Waals surface area contributed by atoms with Crippen LogP contribution in [0.1, 0.15) is 24.8 Å². The lowest BCUT2D eigenvalue weighted by molar-refractivity contribution is -0.385. The Balaban J connectivity index is 2.11. The van der Waals surface area contributed by atoms with Gasteiger partial charge in [0.2, 0.25) is 0 Å². The van der Waals surface area contributed by atoms with E-state index >= 15 is 0 Å². The lowest BCUT2D eigenvalue weighted by Crippen LogP contribution is -2.13. The molecule has 1 aromatic rings. The van der Waals surface area contributed by atoms with Gasteiger partial charge in [-0.1, -0.05) is 24.6 Å². The molecule has 3 atom stereocenters. The zero-order valence-electron chi connectivity index (χ0n) is 9.30. The molecular weight excluding hydrogens is 216 g/mol. The van der Waals surface area contributed by atoms with Crippen LogP contribution in [0.3, 0.4) is 0 Å². The van der Waals surface area contributed by atoms with E-state index in [4.69, 9.17) is 0 Å². The molecule has 0 aromatic heterocycles. The van der Waals surface area contributed by atoms with Gasteiger partial charge in [-0.25, -0.2) is 0 Å². The first kappa shape index (κ1) is 10.3. The summed E-state index contributed by atoms with van der Waals surface area (Å²) in [5.41, 5.74) is 0.160. The third-order valence-corrected chi connectivity index (χ3v) is 4.31. The Morgan fingerprint density at radius 3 is 2.59 bits per heavy atom. The molecule has 17 heavy (non-hydrogen) atoms. The fourth-order valence-electron chi connectivity index (χ4n) is 3.56. The number of para-hydroxylation sites is 1. The van der Waals surface area contributed by atoms with Crippen LogP contribution in [0.4, 0.5) is 5.69 Å². The van der Waals surface area contributed by atoms with Crippen LogP contribution in [0.15, 0.2) is 24.3 Å². The van der Waals surface area contributed by atoms with Gasteiger partial charge in [0, 0.05) is 6.07 Å². The molecule has 1 aromatic carbocycles. The van der Waals surface area contributed by atoms with E-state index in [1.165, 1.54) is 6.07 Å². The van der Waals surface area contributed by atoms with Crippen molar-refractivity contribution in [3.05, 3.63) is 39.9 Å². The Morgan fingerprint density at radius 2 is 2.00 bits per heavy atom. The molecule has 86 valence electrons. The molecule has 2 fully saturated rings. The van der Waals surface area contributed by atoms with E-state index in [-0.39, 0.29) is 10.6 Å². The van der Waals surface area contributed by atoms with Gasteiger partial charge < -0.3 is 0 Å². The van der Waals surface area contributed by atoms with Gasteiger partial charge in [0.05, 0.1) is 22.0 Å². The highest BCUT2D eigenvalue weighted by Crippen LogP contribution is 2.68. The molecule has 3 rings (SSSR count). The fraction of sp³-hybridized carbons (Fsp3) is 0.462. The van der Waals surface area contributed by atoms with Crippen LogP contribution in [-0.4, -0.2) is 4.92 Å². The molecule has 2 aliphatic rings. The zero-order valence-corrected chi connectivity index (χ0v) is 9.30. The van der Waals surface area contributed by atoms with Crippen molar-refractivity contribution < 1.29 is 4.92 Å². The largest absolute Gasteiger partial charge is 0.274 e. The number of fused-ring (bicyclic) bond motifs is 1. The van der Waals surface area contributed by atoms with E-state index < -0.39 is 5.41 Å². The molecule has 2 saturated carbocycles. The summed E-state index contributed by atoms with van der Waals surface area (Å²) >= 11 is 0. The zero-order chi connectivity index (χ0) is 12.0. The molecule has 0 spiro atoms. The first-order valence-electron chi connectivity index (χ1n) is 5.87. The highest BCUT2D eigenvalue weighted by Gasteiger charge is 2.69. The van der Waals surface area contributed by atoms with Gasteiger partial charge in [-0.15, -0.1) is 0 Å². The average Bonchev–Trinajstić information content (AvgIpc) is 2.71. The molecule has 4 nitrogen and oxygen atoms in total. The third-order valence-electron chi connectivity index (χ3n) is 4.31. The van der Waals surface area contributed by atoms with Crippen molar-refractivity contribution in [1.29, 1.82) is 5.26 Å². The summed E-state index contributed by atoms with van der Waals surface area (Å²) in [6.07, 6.45) is 3.22. The second kappa shape index (κ2) is 3.30. The second-order valence-electron chi connectivity index (χ2n) is 4.90. The second-order valence-corrected chi connectivity index (χ2v) is 4.90. The molecule has 0 N–H and O–H groups in total. The highest BCUT2D eigenvalue weighted by atomic mass is 16.6. The summed E-state index contributed by atoms with van der Waals surface area (Å²) in [4.78, 5) is 10.7. The maximum Gasteiger partial charge on any atom is 0.274 e. The molecule has 0 bridgehead atoms. The van der Waals surface area contributed by atoms with Gasteiger partial charge in [-0.2, -0.15) is 5.26 Å². The van der Waals surface area contributed by atoms with Gasteiger partial charge in [-0.05, 0) is 24.7 Å². The van der Waals surface area contributed by atoms with Gasteiger partial charge in [0.1, 0.15) is 0 Å². The summed E-state index contributed by atoms with van der Waals surface area (Å²) in [5, 5.41) is 20.5. The number of hydrogen-bond acceptors (Lipinski definition) is 3. The Hall–Kier alpha value is -1.89. The minimum absolute atomic E-state index is 0.100. The van der Waals surface area contributed by atoms with Crippen LogP contribution in [0.2, 0.25) is 0 Å². The molecule has 4 heteroatoms. The number of benzene rings is 1. The summed E-state index contributed by atoms with van der Waals surface area (Å²) in [6, 6.07) is 9.06. The molecular formula is C13H12N2O2. The maximum atomic E-state index is 11.0. The number of nitro groups is 1. The molecule has 0 amide bonds. The molecule has 0 radical (unpaired) electrons. The minimum Gasteiger partial charge on any atom is -0.258 e. The van der Waals surface area contributed by atoms with Crippen molar-refractivity contribution in [3.63, 3.8) is 0 Å². The van der Waals surface area contributed by atoms with Crippen molar-refractivity contribution in [1.82, 2.24) is 0 Å². The predicted octanol–water partition coefficient (Wildman–Crippen LogP) is 2.79. The quantitative estimate of drug-likeness (QED) is 0.577. The summed E-state index contributed by atoms with van der Waals surface area (Å²) in [7, 11) is 0. The SMILES string of the molecule is N#CC1(c2ccccc2[N+](=O)[O-])C2CCC[C@@H]21. The summed E-state index contributed by atoms with van der Waals surface area (Å²) in [5.74, 6) is 0.683. The smallest absolute Gasteiger partial charge is 0.258 e. The van der Waals surface area contributed by atoms with E-state index in [0.29, 0.717) is 17.4 Å². The number of nitrogens with zero attached hydrogens (tertiary/aromatic N) is 2. The minimum atomic E-state index is -0.568. The maximum absolute atomic E-state index is 11.0. The van der Waals surface area contributed by atoms with Crippen LogP contribution >= 0.6 is 0 Å². The van der Waals surface area contributed by atoms with Gasteiger partial charge in [0.15, 0.2) is 0 Å². The third kappa shape index (κ3) is 1.17. The standard InChI is InChI=1S/C13H12N2O2/c14-8-13(9-5-3-6-10(9)13)11-4-1-2-7-12(11)15(16)17/h1-2,4,7,9-10H,3,5-6H2/t9-,10?,13?/m0/s1. The van der Waals surface area contributed by atoms with Crippen LogP contribution in [-0.2, 0) is 5.41 Å². The van der Waals surface area contributed by atoms with Crippen molar-refractivity contribution in [3.8, 4) is 6.07 Å². The Bertz CT molecular complexity index is 522. The lowest BCUT2D eigenvalue weighted by Gasteiger charge is -2.12. The number of hydrogen-bond donors (Lipinski definition) is 0. The van der Waals surface area contributed by atoms with Crippen LogP contribution in [0, 0.1) is 33.3 Å². The van der Waals surface area contributed by atoms with Crippen molar-refractivity contribution >= 4 is 5.69 Å². The van der Waals surface area contributed by atoms with E-state index in [9.17, 15) is 15.4 Å². The van der Waals surface area contributed by atoms with Crippen LogP contribution in [0.25, 0.3) is 0 Å². The lowest BCUT2D eigenvalue weighted by atomic mass is 9.88. The molecule has 2 aliphatic carbocycles. The van der Waals surface area contributed by atoms with Gasteiger partial charge in [0.25, 0.3) is 5.69 Å². The topological polar surface area (TPSA) is 66.9 Å². The van der Waals surface area contributed by atoms with E-state index in [1.807, 2.05) is 0 Å². The number of nitriles is 1. The van der Waals surface area contributed by atoms with Crippen molar-refractivity contribution in [2.24, 2.45) is 11.8 Å². The normalized spacial score (nSPS) is 33.8. The van der Waals surface area contributed by atoms with Gasteiger partial charge >= 0.3 is 0 Å². The number of rotatable bonds is 2. The molecule has 0 saturated heterocycles. The van der Waals surface area contributed by atoms with E-state index in [2.05, 4.69) is 6.07 Å². The van der Waals surface area contributed by atoms with Crippen molar-refractivity contribution in [2.45, 2.75) is 24.7 Å². The van der Waals surface area contributed by atoms with Gasteiger partial charge in [-0.3, -0.25) is 10.1 Å². The molecule has 0 aliphatic heterocycles. The first-order chi connectivity index (χ1) is 8.21. The fourth-order valence-corrected chi connectivity index (χ4v) is 3.56. The molecule has 0 heterocycles. The van der Waals surface area contributed by atoms with E-state index in [1.54, 1.807) is 18.2 Å². The molecule has 2 unspecified atom stereocenters. The Kier molecular flexibility index (Phi) is 1.99. The highest BCUT2D eigenvalue weighted by molar-refractivity contribution is 5.55. The van der Waals surface area contributed by atoms with Crippen molar-refractivity contribution in [2.75, 3.05) is 0 Å². The Morgan fingerprint density at radius 1 is 1.35 bits per heavy atom. The summed E-state index contributed by atoms with van der Waals surface area (Å²) in [6.45, 7) is 0. The number of nitro benzene ring substituents is 1. The predicted molar refractivity (Wildman–Crippen MR) is 61.2 cm³/mol. The van der Waals surface area contributed by atoms with E-state index in [0.717, 1.165) is 19.3 Å².